The summed E-state index contributed by atoms with van der Waals surface area (Å²) in [7, 11) is 0. The largest absolute Gasteiger partial charge is 0.378 e. The first-order chi connectivity index (χ1) is 12.1. The van der Waals surface area contributed by atoms with Gasteiger partial charge in [-0.25, -0.2) is 0 Å². The van der Waals surface area contributed by atoms with E-state index in [4.69, 9.17) is 10.5 Å². The van der Waals surface area contributed by atoms with Crippen molar-refractivity contribution in [2.45, 2.75) is 6.04 Å². The number of nitrogens with two attached hydrogens (primary N) is 1. The van der Waals surface area contributed by atoms with Gasteiger partial charge < -0.3 is 15.8 Å². The minimum absolute atomic E-state index is 0.0343. The van der Waals surface area contributed by atoms with Crippen LogP contribution in [0.1, 0.15) is 22.0 Å². The summed E-state index contributed by atoms with van der Waals surface area (Å²) in [5.74, 6) is -0.749. The SMILES string of the molecule is NC(=O)c1ccccc1NC(=O)CN1CCOCC1c1ccccc1. The lowest BCUT2D eigenvalue weighted by molar-refractivity contribution is -0.119. The summed E-state index contributed by atoms with van der Waals surface area (Å²) >= 11 is 0. The molecule has 2 amide bonds. The Kier molecular flexibility index (Phi) is 5.42. The first kappa shape index (κ1) is 17.1. The van der Waals surface area contributed by atoms with Gasteiger partial charge in [0, 0.05) is 6.54 Å². The van der Waals surface area contributed by atoms with E-state index in [0.717, 1.165) is 5.56 Å². The Morgan fingerprint density at radius 3 is 2.60 bits per heavy atom. The van der Waals surface area contributed by atoms with Gasteiger partial charge in [-0.2, -0.15) is 0 Å². The van der Waals surface area contributed by atoms with Gasteiger partial charge >= 0.3 is 0 Å². The summed E-state index contributed by atoms with van der Waals surface area (Å²) in [5, 5.41) is 2.79. The molecular weight excluding hydrogens is 318 g/mol. The van der Waals surface area contributed by atoms with Crippen LogP contribution in [0, 0.1) is 0 Å². The summed E-state index contributed by atoms with van der Waals surface area (Å²) < 4.78 is 5.58. The van der Waals surface area contributed by atoms with E-state index in [2.05, 4.69) is 10.2 Å². The van der Waals surface area contributed by atoms with Crippen molar-refractivity contribution in [3.8, 4) is 0 Å². The molecule has 6 nitrogen and oxygen atoms in total. The molecule has 1 atom stereocenters. The number of primary amides is 1. The van der Waals surface area contributed by atoms with Crippen molar-refractivity contribution < 1.29 is 14.3 Å². The average molecular weight is 339 g/mol. The predicted molar refractivity (Wildman–Crippen MR) is 95.2 cm³/mol. The van der Waals surface area contributed by atoms with Gasteiger partial charge in [-0.15, -0.1) is 0 Å². The molecule has 0 aliphatic carbocycles. The van der Waals surface area contributed by atoms with Crippen LogP contribution in [-0.4, -0.2) is 43.0 Å². The number of anilines is 1. The number of benzene rings is 2. The maximum absolute atomic E-state index is 12.5. The molecule has 0 aromatic heterocycles. The Hall–Kier alpha value is -2.70. The van der Waals surface area contributed by atoms with Crippen molar-refractivity contribution in [3.05, 3.63) is 65.7 Å². The van der Waals surface area contributed by atoms with Gasteiger partial charge in [0.15, 0.2) is 0 Å². The van der Waals surface area contributed by atoms with Crippen LogP contribution in [0.2, 0.25) is 0 Å². The number of carbonyl (C=O) groups excluding carboxylic acids is 2. The Balaban J connectivity index is 1.70. The zero-order chi connectivity index (χ0) is 17.6. The molecule has 1 aliphatic rings. The Morgan fingerprint density at radius 2 is 1.84 bits per heavy atom. The first-order valence-corrected chi connectivity index (χ1v) is 8.20. The minimum Gasteiger partial charge on any atom is -0.378 e. The third kappa shape index (κ3) is 4.23. The van der Waals surface area contributed by atoms with E-state index in [9.17, 15) is 9.59 Å². The highest BCUT2D eigenvalue weighted by Crippen LogP contribution is 2.24. The Morgan fingerprint density at radius 1 is 1.12 bits per heavy atom. The molecule has 0 saturated carbocycles. The molecule has 25 heavy (non-hydrogen) atoms. The molecule has 2 aromatic carbocycles. The van der Waals surface area contributed by atoms with Crippen LogP contribution in [0.5, 0.6) is 0 Å². The van der Waals surface area contributed by atoms with Gasteiger partial charge in [0.2, 0.25) is 5.91 Å². The number of hydrogen-bond acceptors (Lipinski definition) is 4. The number of amides is 2. The smallest absolute Gasteiger partial charge is 0.250 e. The van der Waals surface area contributed by atoms with Gasteiger partial charge in [0.25, 0.3) is 5.91 Å². The third-order valence-electron chi connectivity index (χ3n) is 4.24. The molecule has 1 heterocycles. The van der Waals surface area contributed by atoms with E-state index < -0.39 is 5.91 Å². The molecular formula is C19H21N3O3. The highest BCUT2D eigenvalue weighted by atomic mass is 16.5. The maximum atomic E-state index is 12.5. The van der Waals surface area contributed by atoms with E-state index in [1.807, 2.05) is 30.3 Å². The average Bonchev–Trinajstić information content (AvgIpc) is 2.63. The third-order valence-corrected chi connectivity index (χ3v) is 4.24. The molecule has 1 fully saturated rings. The lowest BCUT2D eigenvalue weighted by Crippen LogP contribution is -2.43. The van der Waals surface area contributed by atoms with Crippen LogP contribution >= 0.6 is 0 Å². The van der Waals surface area contributed by atoms with Crippen molar-refractivity contribution in [3.63, 3.8) is 0 Å². The number of rotatable bonds is 5. The van der Waals surface area contributed by atoms with Crippen molar-refractivity contribution in [1.29, 1.82) is 0 Å². The highest BCUT2D eigenvalue weighted by Gasteiger charge is 2.26. The summed E-state index contributed by atoms with van der Waals surface area (Å²) in [4.78, 5) is 26.0. The van der Waals surface area contributed by atoms with Gasteiger partial charge in [0.05, 0.1) is 37.1 Å². The lowest BCUT2D eigenvalue weighted by Gasteiger charge is -2.35. The topological polar surface area (TPSA) is 84.7 Å². The second-order valence-electron chi connectivity index (χ2n) is 5.93. The van der Waals surface area contributed by atoms with E-state index in [1.54, 1.807) is 24.3 Å². The molecule has 1 saturated heterocycles. The second kappa shape index (κ2) is 7.92. The van der Waals surface area contributed by atoms with Crippen molar-refractivity contribution in [2.24, 2.45) is 5.73 Å². The lowest BCUT2D eigenvalue weighted by atomic mass is 10.0. The van der Waals surface area contributed by atoms with Crippen LogP contribution in [0.15, 0.2) is 54.6 Å². The van der Waals surface area contributed by atoms with Crippen molar-refractivity contribution in [1.82, 2.24) is 4.90 Å². The van der Waals surface area contributed by atoms with Crippen LogP contribution in [0.3, 0.4) is 0 Å². The zero-order valence-electron chi connectivity index (χ0n) is 13.9. The summed E-state index contributed by atoms with van der Waals surface area (Å²) in [6.07, 6.45) is 0. The van der Waals surface area contributed by atoms with E-state index in [1.165, 1.54) is 0 Å². The molecule has 2 aromatic rings. The maximum Gasteiger partial charge on any atom is 0.250 e. The van der Waals surface area contributed by atoms with Crippen LogP contribution < -0.4 is 11.1 Å². The quantitative estimate of drug-likeness (QED) is 0.870. The number of carbonyl (C=O) groups is 2. The van der Waals surface area contributed by atoms with Crippen molar-refractivity contribution >= 4 is 17.5 Å². The van der Waals surface area contributed by atoms with E-state index in [0.29, 0.717) is 31.0 Å². The van der Waals surface area contributed by atoms with Gasteiger partial charge in [-0.3, -0.25) is 14.5 Å². The van der Waals surface area contributed by atoms with Gasteiger partial charge in [-0.1, -0.05) is 42.5 Å². The molecule has 3 N–H and O–H groups in total. The van der Waals surface area contributed by atoms with Gasteiger partial charge in [0.1, 0.15) is 0 Å². The summed E-state index contributed by atoms with van der Waals surface area (Å²) in [6.45, 7) is 2.03. The molecule has 1 aliphatic heterocycles. The highest BCUT2D eigenvalue weighted by molar-refractivity contribution is 6.03. The molecule has 0 bridgehead atoms. The molecule has 0 radical (unpaired) electrons. The molecule has 6 heteroatoms. The fourth-order valence-electron chi connectivity index (χ4n) is 2.99. The van der Waals surface area contributed by atoms with Crippen LogP contribution in [0.4, 0.5) is 5.69 Å². The number of hydrogen-bond donors (Lipinski definition) is 2. The number of nitrogens with zero attached hydrogens (tertiary/aromatic N) is 1. The predicted octanol–water partition coefficient (Wildman–Crippen LogP) is 1.80. The number of nitrogens with one attached hydrogen (secondary N) is 1. The van der Waals surface area contributed by atoms with Crippen LogP contribution in [-0.2, 0) is 9.53 Å². The zero-order valence-corrected chi connectivity index (χ0v) is 13.9. The number of morpholine rings is 1. The van der Waals surface area contributed by atoms with Gasteiger partial charge in [-0.05, 0) is 17.7 Å². The molecule has 130 valence electrons. The minimum atomic E-state index is -0.565. The van der Waals surface area contributed by atoms with E-state index in [-0.39, 0.29) is 18.5 Å². The Labute approximate surface area is 146 Å². The standard InChI is InChI=1S/C19H21N3O3/c20-19(24)15-8-4-5-9-16(15)21-18(23)12-22-10-11-25-13-17(22)14-6-2-1-3-7-14/h1-9,17H,10-13H2,(H2,20,24)(H,21,23). The first-order valence-electron chi connectivity index (χ1n) is 8.20. The number of para-hydroxylation sites is 1. The summed E-state index contributed by atoms with van der Waals surface area (Å²) in [5.41, 5.74) is 7.21. The monoisotopic (exact) mass is 339 g/mol. The molecule has 0 spiro atoms. The molecule has 3 rings (SSSR count). The summed E-state index contributed by atoms with van der Waals surface area (Å²) in [6, 6.07) is 16.8. The number of ether oxygens (including phenoxy) is 1. The normalized spacial score (nSPS) is 17.8. The Bertz CT molecular complexity index is 749. The van der Waals surface area contributed by atoms with Crippen LogP contribution in [0.25, 0.3) is 0 Å². The van der Waals surface area contributed by atoms with Crippen molar-refractivity contribution in [2.75, 3.05) is 31.6 Å². The second-order valence-corrected chi connectivity index (χ2v) is 5.93. The fraction of sp³-hybridized carbons (Fsp3) is 0.263. The fourth-order valence-corrected chi connectivity index (χ4v) is 2.99. The van der Waals surface area contributed by atoms with E-state index >= 15 is 0 Å². The molecule has 1 unspecified atom stereocenters.